The second kappa shape index (κ2) is 6.41. The molecule has 21 heavy (non-hydrogen) atoms. The molecule has 2 aromatic rings. The first-order chi connectivity index (χ1) is 10.1. The molecule has 1 unspecified atom stereocenters. The van der Waals surface area contributed by atoms with Gasteiger partial charge in [-0.15, -0.1) is 0 Å². The Morgan fingerprint density at radius 3 is 2.67 bits per heavy atom. The van der Waals surface area contributed by atoms with E-state index in [-0.39, 0.29) is 0 Å². The average molecular weight is 280 g/mol. The van der Waals surface area contributed by atoms with E-state index in [1.54, 1.807) is 0 Å². The van der Waals surface area contributed by atoms with E-state index in [0.29, 0.717) is 17.4 Å². The number of aryl methyl sites for hydroxylation is 2. The molecule has 3 nitrogen and oxygen atoms in total. The van der Waals surface area contributed by atoms with E-state index in [4.69, 9.17) is 4.74 Å². The second-order valence-corrected chi connectivity index (χ2v) is 5.32. The predicted octanol–water partition coefficient (Wildman–Crippen LogP) is 4.88. The largest absolute Gasteiger partial charge is 0.437 e. The zero-order valence-corrected chi connectivity index (χ0v) is 13.0. The zero-order chi connectivity index (χ0) is 15.4. The van der Waals surface area contributed by atoms with Crippen molar-refractivity contribution in [1.82, 2.24) is 4.98 Å². The lowest BCUT2D eigenvalue weighted by molar-refractivity contribution is 0.449. The van der Waals surface area contributed by atoms with Gasteiger partial charge in [0.05, 0.1) is 0 Å². The summed E-state index contributed by atoms with van der Waals surface area (Å²) >= 11 is 0. The van der Waals surface area contributed by atoms with Crippen LogP contribution in [0.25, 0.3) is 0 Å². The van der Waals surface area contributed by atoms with Crippen LogP contribution in [0, 0.1) is 25.2 Å². The van der Waals surface area contributed by atoms with Gasteiger partial charge in [0.25, 0.3) is 0 Å². The van der Waals surface area contributed by atoms with Gasteiger partial charge in [0, 0.05) is 5.69 Å². The zero-order valence-electron chi connectivity index (χ0n) is 13.0. The molecular formula is C18H20N2O. The standard InChI is InChI=1S/C18H20N2O/c1-5-12(2)15-8-6-7-9-17(15)21-18-16(11-19)13(3)10-14(4)20-18/h6-10,12H,5H2,1-4H3. The number of hydrogen-bond donors (Lipinski definition) is 0. The van der Waals surface area contributed by atoms with Gasteiger partial charge in [0.1, 0.15) is 17.4 Å². The van der Waals surface area contributed by atoms with E-state index >= 15 is 0 Å². The highest BCUT2D eigenvalue weighted by molar-refractivity contribution is 5.48. The Balaban J connectivity index is 2.47. The van der Waals surface area contributed by atoms with Crippen molar-refractivity contribution in [2.45, 2.75) is 40.0 Å². The molecule has 1 atom stereocenters. The van der Waals surface area contributed by atoms with Gasteiger partial charge in [-0.1, -0.05) is 32.0 Å². The Kier molecular flexibility index (Phi) is 4.59. The Bertz CT molecular complexity index is 686. The minimum absolute atomic E-state index is 0.394. The predicted molar refractivity (Wildman–Crippen MR) is 83.6 cm³/mol. The van der Waals surface area contributed by atoms with Crippen LogP contribution in [0.5, 0.6) is 11.6 Å². The van der Waals surface area contributed by atoms with Gasteiger partial charge >= 0.3 is 0 Å². The summed E-state index contributed by atoms with van der Waals surface area (Å²) in [6.45, 7) is 8.13. The molecule has 108 valence electrons. The maximum Gasteiger partial charge on any atom is 0.237 e. The monoisotopic (exact) mass is 280 g/mol. The molecular weight excluding hydrogens is 260 g/mol. The molecule has 0 spiro atoms. The van der Waals surface area contributed by atoms with Crippen molar-refractivity contribution < 1.29 is 4.74 Å². The Morgan fingerprint density at radius 2 is 2.00 bits per heavy atom. The fourth-order valence-corrected chi connectivity index (χ4v) is 2.32. The van der Waals surface area contributed by atoms with Crippen molar-refractivity contribution in [1.29, 1.82) is 5.26 Å². The quantitative estimate of drug-likeness (QED) is 0.802. The molecule has 1 heterocycles. The number of benzene rings is 1. The highest BCUT2D eigenvalue weighted by Crippen LogP contribution is 2.33. The first-order valence-electron chi connectivity index (χ1n) is 7.22. The fraction of sp³-hybridized carbons (Fsp3) is 0.333. The molecule has 0 aliphatic rings. The van der Waals surface area contributed by atoms with Gasteiger partial charge in [-0.05, 0) is 49.4 Å². The molecule has 0 radical (unpaired) electrons. The SMILES string of the molecule is CCC(C)c1ccccc1Oc1nc(C)cc(C)c1C#N. The van der Waals surface area contributed by atoms with E-state index in [9.17, 15) is 5.26 Å². The van der Waals surface area contributed by atoms with Crippen molar-refractivity contribution in [3.8, 4) is 17.7 Å². The van der Waals surface area contributed by atoms with E-state index in [0.717, 1.165) is 29.0 Å². The minimum Gasteiger partial charge on any atom is -0.437 e. The van der Waals surface area contributed by atoms with Gasteiger partial charge in [-0.25, -0.2) is 4.98 Å². The third-order valence-corrected chi connectivity index (χ3v) is 3.69. The van der Waals surface area contributed by atoms with Crippen LogP contribution in [0.2, 0.25) is 0 Å². The summed E-state index contributed by atoms with van der Waals surface area (Å²) in [5, 5.41) is 9.32. The summed E-state index contributed by atoms with van der Waals surface area (Å²) in [6, 6.07) is 12.0. The number of ether oxygens (including phenoxy) is 1. The number of para-hydroxylation sites is 1. The van der Waals surface area contributed by atoms with E-state index < -0.39 is 0 Å². The number of rotatable bonds is 4. The molecule has 1 aromatic heterocycles. The summed E-state index contributed by atoms with van der Waals surface area (Å²) in [7, 11) is 0. The van der Waals surface area contributed by atoms with Gasteiger partial charge in [0.15, 0.2) is 0 Å². The number of pyridine rings is 1. The molecule has 3 heteroatoms. The van der Waals surface area contributed by atoms with Crippen molar-refractivity contribution in [3.05, 3.63) is 52.7 Å². The van der Waals surface area contributed by atoms with Crippen molar-refractivity contribution in [2.75, 3.05) is 0 Å². The maximum absolute atomic E-state index is 9.32. The molecule has 0 saturated carbocycles. The molecule has 0 aliphatic carbocycles. The first-order valence-corrected chi connectivity index (χ1v) is 7.22. The van der Waals surface area contributed by atoms with Gasteiger partial charge in [-0.2, -0.15) is 5.26 Å². The van der Waals surface area contributed by atoms with Crippen LogP contribution in [0.1, 0.15) is 48.6 Å². The average Bonchev–Trinajstić information content (AvgIpc) is 2.46. The summed E-state index contributed by atoms with van der Waals surface area (Å²) in [6.07, 6.45) is 1.03. The third-order valence-electron chi connectivity index (χ3n) is 3.69. The van der Waals surface area contributed by atoms with Crippen molar-refractivity contribution in [2.24, 2.45) is 0 Å². The maximum atomic E-state index is 9.32. The van der Waals surface area contributed by atoms with Crippen LogP contribution in [-0.4, -0.2) is 4.98 Å². The normalized spacial score (nSPS) is 11.8. The molecule has 0 saturated heterocycles. The molecule has 0 amide bonds. The third kappa shape index (κ3) is 3.22. The minimum atomic E-state index is 0.394. The molecule has 1 aromatic carbocycles. The second-order valence-electron chi connectivity index (χ2n) is 5.32. The lowest BCUT2D eigenvalue weighted by atomic mass is 9.98. The van der Waals surface area contributed by atoms with Crippen LogP contribution in [-0.2, 0) is 0 Å². The number of hydrogen-bond acceptors (Lipinski definition) is 3. The Hall–Kier alpha value is -2.34. The van der Waals surface area contributed by atoms with Gasteiger partial charge in [0.2, 0.25) is 5.88 Å². The highest BCUT2D eigenvalue weighted by Gasteiger charge is 2.15. The summed E-state index contributed by atoms with van der Waals surface area (Å²) in [5.74, 6) is 1.57. The molecule has 2 rings (SSSR count). The molecule has 0 fully saturated rings. The van der Waals surface area contributed by atoms with Gasteiger partial charge < -0.3 is 4.74 Å². The van der Waals surface area contributed by atoms with Gasteiger partial charge in [-0.3, -0.25) is 0 Å². The van der Waals surface area contributed by atoms with E-state index in [1.807, 2.05) is 38.1 Å². The number of aromatic nitrogens is 1. The Labute approximate surface area is 126 Å². The molecule has 0 bridgehead atoms. The van der Waals surface area contributed by atoms with E-state index in [1.165, 1.54) is 0 Å². The summed E-state index contributed by atoms with van der Waals surface area (Å²) < 4.78 is 5.98. The highest BCUT2D eigenvalue weighted by atomic mass is 16.5. The van der Waals surface area contributed by atoms with Crippen LogP contribution in [0.15, 0.2) is 30.3 Å². The lowest BCUT2D eigenvalue weighted by Crippen LogP contribution is -2.00. The van der Waals surface area contributed by atoms with Crippen LogP contribution in [0.4, 0.5) is 0 Å². The number of nitriles is 1. The molecule has 0 aliphatic heterocycles. The van der Waals surface area contributed by atoms with Crippen LogP contribution >= 0.6 is 0 Å². The topological polar surface area (TPSA) is 45.9 Å². The fourth-order valence-electron chi connectivity index (χ4n) is 2.32. The van der Waals surface area contributed by atoms with Crippen LogP contribution < -0.4 is 4.74 Å². The Morgan fingerprint density at radius 1 is 1.29 bits per heavy atom. The summed E-state index contributed by atoms with van der Waals surface area (Å²) in [5.41, 5.74) is 3.38. The smallest absolute Gasteiger partial charge is 0.237 e. The molecule has 0 N–H and O–H groups in total. The lowest BCUT2D eigenvalue weighted by Gasteiger charge is -2.16. The first kappa shape index (κ1) is 15.1. The van der Waals surface area contributed by atoms with Crippen molar-refractivity contribution in [3.63, 3.8) is 0 Å². The van der Waals surface area contributed by atoms with Crippen molar-refractivity contribution >= 4 is 0 Å². The number of nitrogens with zero attached hydrogens (tertiary/aromatic N) is 2. The van der Waals surface area contributed by atoms with E-state index in [2.05, 4.69) is 31.0 Å². The van der Waals surface area contributed by atoms with Crippen LogP contribution in [0.3, 0.4) is 0 Å². The summed E-state index contributed by atoms with van der Waals surface area (Å²) in [4.78, 5) is 4.38.